The topological polar surface area (TPSA) is 54.6 Å². The molecule has 2 rings (SSSR count). The van der Waals surface area contributed by atoms with Crippen LogP contribution in [-0.2, 0) is 17.7 Å². The van der Waals surface area contributed by atoms with Crippen molar-refractivity contribution >= 4 is 0 Å². The fourth-order valence-corrected chi connectivity index (χ4v) is 2.58. The number of aryl methyl sites for hydroxylation is 1. The van der Waals surface area contributed by atoms with E-state index in [4.69, 9.17) is 9.26 Å². The van der Waals surface area contributed by atoms with Crippen LogP contribution in [0, 0.1) is 0 Å². The van der Waals surface area contributed by atoms with E-state index in [1.54, 1.807) is 7.11 Å². The molecule has 0 N–H and O–H groups in total. The first-order chi connectivity index (χ1) is 9.12. The van der Waals surface area contributed by atoms with E-state index < -0.39 is 0 Å². The molecule has 6 nitrogen and oxygen atoms in total. The third kappa shape index (κ3) is 3.75. The Morgan fingerprint density at radius 3 is 2.89 bits per heavy atom. The molecule has 6 heteroatoms. The van der Waals surface area contributed by atoms with Gasteiger partial charge >= 0.3 is 0 Å². The number of ether oxygens (including phenoxy) is 1. The molecule has 1 aliphatic heterocycles. The summed E-state index contributed by atoms with van der Waals surface area (Å²) >= 11 is 0. The van der Waals surface area contributed by atoms with Crippen LogP contribution in [-0.4, -0.2) is 66.4 Å². The molecule has 0 amide bonds. The maximum Gasteiger partial charge on any atom is 0.226 e. The van der Waals surface area contributed by atoms with Gasteiger partial charge in [0.2, 0.25) is 5.89 Å². The highest BCUT2D eigenvalue weighted by atomic mass is 16.5. The minimum Gasteiger partial charge on any atom is -0.380 e. The quantitative estimate of drug-likeness (QED) is 0.760. The fourth-order valence-electron chi connectivity index (χ4n) is 2.58. The highest BCUT2D eigenvalue weighted by Crippen LogP contribution is 2.19. The predicted octanol–water partition coefficient (Wildman–Crippen LogP) is 0.783. The summed E-state index contributed by atoms with van der Waals surface area (Å²) in [6.07, 6.45) is 2.24. The average molecular weight is 268 g/mol. The second kappa shape index (κ2) is 6.45. The molecular weight excluding hydrogens is 244 g/mol. The number of aromatic nitrogens is 2. The lowest BCUT2D eigenvalue weighted by atomic mass is 10.2. The van der Waals surface area contributed by atoms with Gasteiger partial charge in [0.1, 0.15) is 0 Å². The van der Waals surface area contributed by atoms with Gasteiger partial charge in [-0.1, -0.05) is 12.1 Å². The minimum atomic E-state index is 0.361. The van der Waals surface area contributed by atoms with E-state index in [0.29, 0.717) is 18.0 Å². The smallest absolute Gasteiger partial charge is 0.226 e. The van der Waals surface area contributed by atoms with Gasteiger partial charge in [0.15, 0.2) is 5.82 Å². The molecule has 0 unspecified atom stereocenters. The summed E-state index contributed by atoms with van der Waals surface area (Å²) in [7, 11) is 6.03. The highest BCUT2D eigenvalue weighted by molar-refractivity contribution is 4.89. The molecule has 0 spiro atoms. The van der Waals surface area contributed by atoms with Crippen LogP contribution in [0.2, 0.25) is 0 Å². The first kappa shape index (κ1) is 14.4. The number of nitrogens with zero attached hydrogens (tertiary/aromatic N) is 4. The van der Waals surface area contributed by atoms with Gasteiger partial charge in [-0.2, -0.15) is 4.98 Å². The summed E-state index contributed by atoms with van der Waals surface area (Å²) in [5, 5.41) is 3.99. The standard InChI is InChI=1S/C13H24N4O2/c1-5-13-14-12(15-19-13)9-16(2)7-10-6-11(18-4)8-17(10)3/h10-11H,5-9H2,1-4H3/t10-,11-/m0/s1. The zero-order valence-electron chi connectivity index (χ0n) is 12.3. The number of methoxy groups -OCH3 is 1. The van der Waals surface area contributed by atoms with Crippen LogP contribution in [0.25, 0.3) is 0 Å². The van der Waals surface area contributed by atoms with Crippen molar-refractivity contribution in [2.24, 2.45) is 0 Å². The van der Waals surface area contributed by atoms with Gasteiger partial charge in [-0.25, -0.2) is 0 Å². The number of likely N-dealkylation sites (tertiary alicyclic amines) is 1. The average Bonchev–Trinajstić information content (AvgIpc) is 2.97. The Morgan fingerprint density at radius 2 is 2.32 bits per heavy atom. The summed E-state index contributed by atoms with van der Waals surface area (Å²) < 4.78 is 10.6. The molecule has 1 aromatic rings. The van der Waals surface area contributed by atoms with Gasteiger partial charge in [0.25, 0.3) is 0 Å². The van der Waals surface area contributed by atoms with Crippen LogP contribution in [0.15, 0.2) is 4.52 Å². The largest absolute Gasteiger partial charge is 0.380 e. The van der Waals surface area contributed by atoms with Crippen molar-refractivity contribution < 1.29 is 9.26 Å². The Labute approximate surface area is 114 Å². The van der Waals surface area contributed by atoms with E-state index in [0.717, 1.165) is 38.3 Å². The van der Waals surface area contributed by atoms with Crippen LogP contribution in [0.3, 0.4) is 0 Å². The summed E-state index contributed by atoms with van der Waals surface area (Å²) in [6, 6.07) is 0.535. The summed E-state index contributed by atoms with van der Waals surface area (Å²) in [5.41, 5.74) is 0. The molecule has 2 heterocycles. The summed E-state index contributed by atoms with van der Waals surface area (Å²) in [6.45, 7) is 4.74. The first-order valence-corrected chi connectivity index (χ1v) is 6.85. The number of hydrogen-bond acceptors (Lipinski definition) is 6. The molecule has 0 radical (unpaired) electrons. The third-order valence-electron chi connectivity index (χ3n) is 3.73. The molecule has 19 heavy (non-hydrogen) atoms. The highest BCUT2D eigenvalue weighted by Gasteiger charge is 2.30. The molecule has 0 bridgehead atoms. The molecule has 1 aromatic heterocycles. The molecule has 1 aliphatic rings. The first-order valence-electron chi connectivity index (χ1n) is 6.85. The molecule has 108 valence electrons. The predicted molar refractivity (Wildman–Crippen MR) is 71.8 cm³/mol. The number of rotatable bonds is 6. The number of likely N-dealkylation sites (N-methyl/N-ethyl adjacent to an activating group) is 2. The van der Waals surface area contributed by atoms with Gasteiger partial charge in [-0.05, 0) is 20.5 Å². The maximum atomic E-state index is 5.43. The second-order valence-electron chi connectivity index (χ2n) is 5.34. The van der Waals surface area contributed by atoms with Crippen molar-refractivity contribution in [3.8, 4) is 0 Å². The monoisotopic (exact) mass is 268 g/mol. The molecule has 1 fully saturated rings. The Hall–Kier alpha value is -0.980. The summed E-state index contributed by atoms with van der Waals surface area (Å²) in [4.78, 5) is 8.93. The van der Waals surface area contributed by atoms with E-state index in [1.807, 2.05) is 6.92 Å². The SMILES string of the molecule is CCc1nc(CN(C)C[C@@H]2C[C@H](OC)CN2C)no1. The van der Waals surface area contributed by atoms with Crippen LogP contribution >= 0.6 is 0 Å². The Morgan fingerprint density at radius 1 is 1.53 bits per heavy atom. The second-order valence-corrected chi connectivity index (χ2v) is 5.34. The lowest BCUT2D eigenvalue weighted by Gasteiger charge is -2.24. The van der Waals surface area contributed by atoms with E-state index >= 15 is 0 Å². The van der Waals surface area contributed by atoms with Gasteiger partial charge in [-0.15, -0.1) is 0 Å². The number of hydrogen-bond donors (Lipinski definition) is 0. The van der Waals surface area contributed by atoms with Crippen molar-refractivity contribution in [2.75, 3.05) is 34.3 Å². The zero-order valence-corrected chi connectivity index (χ0v) is 12.3. The molecular formula is C13H24N4O2. The van der Waals surface area contributed by atoms with Crippen molar-refractivity contribution in [1.82, 2.24) is 19.9 Å². The normalized spacial score (nSPS) is 24.5. The lowest BCUT2D eigenvalue weighted by Crippen LogP contribution is -2.36. The van der Waals surface area contributed by atoms with Gasteiger partial charge in [0.05, 0.1) is 12.6 Å². The Kier molecular flexibility index (Phi) is 4.90. The van der Waals surface area contributed by atoms with E-state index in [-0.39, 0.29) is 0 Å². The van der Waals surface area contributed by atoms with Gasteiger partial charge in [0, 0.05) is 32.7 Å². The third-order valence-corrected chi connectivity index (χ3v) is 3.73. The molecule has 0 aromatic carbocycles. The van der Waals surface area contributed by atoms with E-state index in [9.17, 15) is 0 Å². The minimum absolute atomic E-state index is 0.361. The Balaban J connectivity index is 1.82. The van der Waals surface area contributed by atoms with Crippen molar-refractivity contribution in [2.45, 2.75) is 38.5 Å². The molecule has 0 saturated carbocycles. The zero-order chi connectivity index (χ0) is 13.8. The van der Waals surface area contributed by atoms with Crippen LogP contribution < -0.4 is 0 Å². The van der Waals surface area contributed by atoms with Crippen LogP contribution in [0.1, 0.15) is 25.1 Å². The molecule has 1 saturated heterocycles. The Bertz CT molecular complexity index is 396. The van der Waals surface area contributed by atoms with Crippen molar-refractivity contribution in [3.05, 3.63) is 11.7 Å². The van der Waals surface area contributed by atoms with Crippen LogP contribution in [0.5, 0.6) is 0 Å². The molecule has 2 atom stereocenters. The van der Waals surface area contributed by atoms with Gasteiger partial charge in [-0.3, -0.25) is 9.80 Å². The summed E-state index contributed by atoms with van der Waals surface area (Å²) in [5.74, 6) is 1.48. The fraction of sp³-hybridized carbons (Fsp3) is 0.846. The maximum absolute atomic E-state index is 5.43. The molecule has 0 aliphatic carbocycles. The van der Waals surface area contributed by atoms with E-state index in [1.165, 1.54) is 0 Å². The van der Waals surface area contributed by atoms with Crippen molar-refractivity contribution in [3.63, 3.8) is 0 Å². The van der Waals surface area contributed by atoms with Crippen LogP contribution in [0.4, 0.5) is 0 Å². The lowest BCUT2D eigenvalue weighted by molar-refractivity contribution is 0.111. The van der Waals surface area contributed by atoms with Gasteiger partial charge < -0.3 is 9.26 Å². The van der Waals surface area contributed by atoms with Crippen molar-refractivity contribution in [1.29, 1.82) is 0 Å². The van der Waals surface area contributed by atoms with E-state index in [2.05, 4.69) is 34.0 Å².